The van der Waals surface area contributed by atoms with Crippen LogP contribution < -0.4 is 5.32 Å². The van der Waals surface area contributed by atoms with Crippen LogP contribution >= 0.6 is 15.9 Å². The van der Waals surface area contributed by atoms with Crippen LogP contribution in [0.5, 0.6) is 0 Å². The molecule has 1 rings (SSSR count). The molecule has 98 valence electrons. The number of rotatable bonds is 4. The van der Waals surface area contributed by atoms with Crippen molar-refractivity contribution in [2.24, 2.45) is 0 Å². The number of hydrogen-bond acceptors (Lipinski definition) is 4. The van der Waals surface area contributed by atoms with Crippen LogP contribution in [0.25, 0.3) is 0 Å². The van der Waals surface area contributed by atoms with Crippen molar-refractivity contribution in [3.05, 3.63) is 33.8 Å². The molecule has 2 N–H and O–H groups in total. The van der Waals surface area contributed by atoms with Crippen molar-refractivity contribution < 1.29 is 19.4 Å². The minimum atomic E-state index is -1.05. The second-order valence-corrected chi connectivity index (χ2v) is 4.61. The number of methoxy groups -OCH3 is 1. The molecular weight excluding hydrogens is 302 g/mol. The third kappa shape index (κ3) is 3.54. The van der Waals surface area contributed by atoms with E-state index in [-0.39, 0.29) is 0 Å². The molecule has 1 amide bonds. The minimum Gasteiger partial charge on any atom is -0.467 e. The van der Waals surface area contributed by atoms with E-state index in [9.17, 15) is 9.59 Å². The van der Waals surface area contributed by atoms with Crippen molar-refractivity contribution in [2.45, 2.75) is 13.0 Å². The zero-order valence-electron chi connectivity index (χ0n) is 10.1. The summed E-state index contributed by atoms with van der Waals surface area (Å²) in [7, 11) is 1.20. The predicted molar refractivity (Wildman–Crippen MR) is 69.2 cm³/mol. The molecule has 0 saturated carbocycles. The van der Waals surface area contributed by atoms with Gasteiger partial charge in [0.1, 0.15) is 0 Å². The van der Waals surface area contributed by atoms with E-state index in [0.717, 1.165) is 10.0 Å². The molecule has 5 nitrogen and oxygen atoms in total. The third-order valence-corrected chi connectivity index (χ3v) is 2.91. The Labute approximate surface area is 113 Å². The van der Waals surface area contributed by atoms with Crippen molar-refractivity contribution in [1.29, 1.82) is 0 Å². The summed E-state index contributed by atoms with van der Waals surface area (Å²) in [4.78, 5) is 23.2. The van der Waals surface area contributed by atoms with Gasteiger partial charge in [-0.05, 0) is 24.6 Å². The van der Waals surface area contributed by atoms with E-state index in [1.165, 1.54) is 7.11 Å². The van der Waals surface area contributed by atoms with Crippen LogP contribution in [0.2, 0.25) is 0 Å². The zero-order chi connectivity index (χ0) is 13.7. The maximum atomic E-state index is 12.0. The highest BCUT2D eigenvalue weighted by Gasteiger charge is 2.21. The molecule has 1 aromatic carbocycles. The molecule has 0 aliphatic rings. The summed E-state index contributed by atoms with van der Waals surface area (Å²) in [5.74, 6) is -1.11. The van der Waals surface area contributed by atoms with Crippen LogP contribution in [-0.2, 0) is 9.53 Å². The number of esters is 1. The number of carbonyl (C=O) groups is 2. The first kappa shape index (κ1) is 14.7. The largest absolute Gasteiger partial charge is 0.467 e. The number of ether oxygens (including phenoxy) is 1. The number of benzene rings is 1. The maximum absolute atomic E-state index is 12.0. The Morgan fingerprint density at radius 2 is 2.17 bits per heavy atom. The van der Waals surface area contributed by atoms with Gasteiger partial charge >= 0.3 is 5.97 Å². The lowest BCUT2D eigenvalue weighted by Gasteiger charge is -2.14. The fourth-order valence-electron chi connectivity index (χ4n) is 1.40. The lowest BCUT2D eigenvalue weighted by atomic mass is 10.1. The smallest absolute Gasteiger partial charge is 0.330 e. The summed E-state index contributed by atoms with van der Waals surface area (Å²) >= 11 is 3.27. The van der Waals surface area contributed by atoms with Crippen molar-refractivity contribution >= 4 is 27.8 Å². The predicted octanol–water partition coefficient (Wildman–Crippen LogP) is 1.02. The van der Waals surface area contributed by atoms with Crippen molar-refractivity contribution in [3.63, 3.8) is 0 Å². The summed E-state index contributed by atoms with van der Waals surface area (Å²) < 4.78 is 5.23. The van der Waals surface area contributed by atoms with Crippen LogP contribution in [0.3, 0.4) is 0 Å². The number of nitrogens with one attached hydrogen (secondary N) is 1. The van der Waals surface area contributed by atoms with E-state index in [0.29, 0.717) is 5.56 Å². The highest BCUT2D eigenvalue weighted by atomic mass is 79.9. The lowest BCUT2D eigenvalue weighted by Crippen LogP contribution is -2.44. The number of hydrogen-bond donors (Lipinski definition) is 2. The molecule has 0 fully saturated rings. The molecule has 0 bridgehead atoms. The highest BCUT2D eigenvalue weighted by molar-refractivity contribution is 9.10. The summed E-state index contributed by atoms with van der Waals surface area (Å²) in [6.45, 7) is 1.28. The average Bonchev–Trinajstić information content (AvgIpc) is 2.37. The van der Waals surface area contributed by atoms with E-state index in [2.05, 4.69) is 26.0 Å². The second-order valence-electron chi connectivity index (χ2n) is 3.69. The van der Waals surface area contributed by atoms with Gasteiger partial charge in [-0.3, -0.25) is 4.79 Å². The van der Waals surface area contributed by atoms with Gasteiger partial charge in [0.15, 0.2) is 6.04 Å². The van der Waals surface area contributed by atoms with Gasteiger partial charge in [-0.1, -0.05) is 22.0 Å². The quantitative estimate of drug-likeness (QED) is 0.813. The average molecular weight is 316 g/mol. The van der Waals surface area contributed by atoms with Gasteiger partial charge in [-0.25, -0.2) is 4.79 Å². The first-order chi connectivity index (χ1) is 8.49. The Balaban J connectivity index is 2.87. The molecule has 0 aliphatic carbocycles. The molecule has 0 aromatic heterocycles. The molecule has 1 atom stereocenters. The molecule has 6 heteroatoms. The third-order valence-electron chi connectivity index (χ3n) is 2.42. The molecule has 1 aromatic rings. The van der Waals surface area contributed by atoms with E-state index in [1.54, 1.807) is 19.1 Å². The molecule has 0 aliphatic heterocycles. The molecule has 0 radical (unpaired) electrons. The highest BCUT2D eigenvalue weighted by Crippen LogP contribution is 2.16. The molecule has 0 spiro atoms. The first-order valence-electron chi connectivity index (χ1n) is 5.25. The molecule has 1 unspecified atom stereocenters. The number of amides is 1. The fraction of sp³-hybridized carbons (Fsp3) is 0.333. The van der Waals surface area contributed by atoms with Crippen LogP contribution in [0.4, 0.5) is 0 Å². The standard InChI is InChI=1S/C12H14BrNO4/c1-7-3-4-8(13)5-9(7)11(16)14-10(6-15)12(17)18-2/h3-5,10,15H,6H2,1-2H3,(H,14,16). The number of aryl methyl sites for hydroxylation is 1. The normalized spacial score (nSPS) is 11.8. The van der Waals surface area contributed by atoms with E-state index in [1.807, 2.05) is 6.07 Å². The van der Waals surface area contributed by atoms with Crippen molar-refractivity contribution in [1.82, 2.24) is 5.32 Å². The summed E-state index contributed by atoms with van der Waals surface area (Å²) in [6.07, 6.45) is 0. The van der Waals surface area contributed by atoms with Crippen LogP contribution in [0.1, 0.15) is 15.9 Å². The minimum absolute atomic E-state index is 0.432. The molecule has 18 heavy (non-hydrogen) atoms. The topological polar surface area (TPSA) is 75.6 Å². The van der Waals surface area contributed by atoms with E-state index >= 15 is 0 Å². The second kappa shape index (κ2) is 6.51. The number of aliphatic hydroxyl groups is 1. The zero-order valence-corrected chi connectivity index (χ0v) is 11.7. The molecule has 0 saturated heterocycles. The lowest BCUT2D eigenvalue weighted by molar-refractivity contribution is -0.143. The van der Waals surface area contributed by atoms with Crippen LogP contribution in [-0.4, -0.2) is 36.7 Å². The van der Waals surface area contributed by atoms with Gasteiger partial charge in [0.05, 0.1) is 13.7 Å². The summed E-state index contributed by atoms with van der Waals surface area (Å²) in [5.41, 5.74) is 1.21. The van der Waals surface area contributed by atoms with Gasteiger partial charge in [0.2, 0.25) is 0 Å². The molecule has 0 heterocycles. The summed E-state index contributed by atoms with van der Waals surface area (Å²) in [6, 6.07) is 4.19. The van der Waals surface area contributed by atoms with Gasteiger partial charge in [-0.15, -0.1) is 0 Å². The Morgan fingerprint density at radius 3 is 2.72 bits per heavy atom. The Bertz CT molecular complexity index is 461. The Morgan fingerprint density at radius 1 is 1.50 bits per heavy atom. The molecular formula is C12H14BrNO4. The van der Waals surface area contributed by atoms with Crippen molar-refractivity contribution in [2.75, 3.05) is 13.7 Å². The maximum Gasteiger partial charge on any atom is 0.330 e. The van der Waals surface area contributed by atoms with Gasteiger partial charge in [0.25, 0.3) is 5.91 Å². The number of aliphatic hydroxyl groups excluding tert-OH is 1. The fourth-order valence-corrected chi connectivity index (χ4v) is 1.76. The van der Waals surface area contributed by atoms with Crippen molar-refractivity contribution in [3.8, 4) is 0 Å². The first-order valence-corrected chi connectivity index (χ1v) is 6.04. The van der Waals surface area contributed by atoms with Crippen LogP contribution in [0, 0.1) is 6.92 Å². The monoisotopic (exact) mass is 315 g/mol. The van der Waals surface area contributed by atoms with E-state index < -0.39 is 24.5 Å². The van der Waals surface area contributed by atoms with E-state index in [4.69, 9.17) is 5.11 Å². The Kier molecular flexibility index (Phi) is 5.30. The Hall–Kier alpha value is -1.40. The van der Waals surface area contributed by atoms with Crippen LogP contribution in [0.15, 0.2) is 22.7 Å². The summed E-state index contributed by atoms with van der Waals surface area (Å²) in [5, 5.41) is 11.4. The SMILES string of the molecule is COC(=O)C(CO)NC(=O)c1cc(Br)ccc1C. The van der Waals surface area contributed by atoms with Gasteiger partial charge < -0.3 is 15.2 Å². The van der Waals surface area contributed by atoms with Gasteiger partial charge in [-0.2, -0.15) is 0 Å². The number of halogens is 1. The van der Waals surface area contributed by atoms with Gasteiger partial charge in [0, 0.05) is 10.0 Å². The number of carbonyl (C=O) groups excluding carboxylic acids is 2.